The molecule has 0 saturated heterocycles. The molecule has 0 bridgehead atoms. The van der Waals surface area contributed by atoms with E-state index in [0.717, 1.165) is 37.0 Å². The highest BCUT2D eigenvalue weighted by atomic mass is 127. The lowest BCUT2D eigenvalue weighted by molar-refractivity contribution is 0.0935. The molecule has 0 radical (unpaired) electrons. The van der Waals surface area contributed by atoms with Gasteiger partial charge in [-0.25, -0.2) is 0 Å². The van der Waals surface area contributed by atoms with E-state index in [2.05, 4.69) is 62.7 Å². The van der Waals surface area contributed by atoms with E-state index >= 15 is 0 Å². The first kappa shape index (κ1) is 16.9. The van der Waals surface area contributed by atoms with Gasteiger partial charge in [0.05, 0.1) is 9.13 Å². The number of thiophene rings is 1. The summed E-state index contributed by atoms with van der Waals surface area (Å²) < 4.78 is 1.82. The minimum atomic E-state index is -0.397. The summed E-state index contributed by atoms with van der Waals surface area (Å²) in [7, 11) is 0. The van der Waals surface area contributed by atoms with Crippen molar-refractivity contribution < 1.29 is 9.90 Å². The third kappa shape index (κ3) is 2.82. The van der Waals surface area contributed by atoms with Crippen molar-refractivity contribution in [3.8, 4) is 5.75 Å². The van der Waals surface area contributed by atoms with Crippen LogP contribution in [0.25, 0.3) is 0 Å². The van der Waals surface area contributed by atoms with Gasteiger partial charge in [-0.2, -0.15) is 0 Å². The molecule has 3 N–H and O–H groups in total. The summed E-state index contributed by atoms with van der Waals surface area (Å²) in [6.07, 6.45) is 2.78. The van der Waals surface area contributed by atoms with Gasteiger partial charge in [0, 0.05) is 14.0 Å². The summed E-state index contributed by atoms with van der Waals surface area (Å²) in [5.41, 5.74) is 2.75. The Morgan fingerprint density at radius 3 is 2.88 bits per heavy atom. The molecular weight excluding hydrogens is 550 g/mol. The molecular formula is C17H16I2N2O2S. The molecule has 4 nitrogen and oxygen atoms in total. The number of nitrogens with one attached hydrogen (secondary N) is 2. The van der Waals surface area contributed by atoms with E-state index in [1.807, 2.05) is 12.1 Å². The van der Waals surface area contributed by atoms with Crippen LogP contribution in [0.15, 0.2) is 12.1 Å². The number of carbonyl (C=O) groups is 1. The molecule has 4 rings (SSSR count). The summed E-state index contributed by atoms with van der Waals surface area (Å²) in [5, 5.41) is 17.8. The van der Waals surface area contributed by atoms with Crippen molar-refractivity contribution in [3.05, 3.63) is 40.8 Å². The number of halogens is 2. The maximum atomic E-state index is 12.7. The van der Waals surface area contributed by atoms with Crippen LogP contribution in [0.1, 0.15) is 45.9 Å². The highest BCUT2D eigenvalue weighted by molar-refractivity contribution is 14.1. The smallest absolute Gasteiger partial charge is 0.256 e. The number of anilines is 1. The second kappa shape index (κ2) is 6.31. The van der Waals surface area contributed by atoms with Gasteiger partial charge in [0.25, 0.3) is 5.91 Å². The average Bonchev–Trinajstić information content (AvgIpc) is 2.88. The Morgan fingerprint density at radius 2 is 2.08 bits per heavy atom. The van der Waals surface area contributed by atoms with Crippen LogP contribution in [0.3, 0.4) is 0 Å². The number of amides is 1. The van der Waals surface area contributed by atoms with Crippen molar-refractivity contribution in [1.82, 2.24) is 5.32 Å². The molecule has 126 valence electrons. The topological polar surface area (TPSA) is 61.4 Å². The van der Waals surface area contributed by atoms with Gasteiger partial charge in [-0.05, 0) is 88.1 Å². The van der Waals surface area contributed by atoms with Crippen molar-refractivity contribution >= 4 is 67.4 Å². The fourth-order valence-corrected chi connectivity index (χ4v) is 6.75. The number of hydrogen-bond donors (Lipinski definition) is 3. The fraction of sp³-hybridized carbons (Fsp3) is 0.353. The normalized spacial score (nSPS) is 22.4. The molecule has 0 saturated carbocycles. The summed E-state index contributed by atoms with van der Waals surface area (Å²) in [5.74, 6) is 0.874. The maximum Gasteiger partial charge on any atom is 0.256 e. The van der Waals surface area contributed by atoms with Crippen molar-refractivity contribution in [2.45, 2.75) is 32.4 Å². The third-order valence-electron chi connectivity index (χ3n) is 4.66. The number of aromatic hydroxyl groups is 1. The molecule has 0 spiro atoms. The zero-order valence-corrected chi connectivity index (χ0v) is 18.1. The number of rotatable bonds is 1. The van der Waals surface area contributed by atoms with E-state index in [0.29, 0.717) is 11.5 Å². The number of phenolic OH excluding ortho intramolecular Hbond substituents is 1. The van der Waals surface area contributed by atoms with Crippen LogP contribution >= 0.6 is 56.5 Å². The van der Waals surface area contributed by atoms with Crippen LogP contribution in [-0.4, -0.2) is 11.0 Å². The first-order chi connectivity index (χ1) is 11.4. The van der Waals surface area contributed by atoms with Crippen LogP contribution in [0.2, 0.25) is 0 Å². The van der Waals surface area contributed by atoms with Crippen LogP contribution in [0.4, 0.5) is 5.00 Å². The van der Waals surface area contributed by atoms with E-state index in [-0.39, 0.29) is 11.7 Å². The van der Waals surface area contributed by atoms with Gasteiger partial charge >= 0.3 is 0 Å². The molecule has 24 heavy (non-hydrogen) atoms. The largest absolute Gasteiger partial charge is 0.506 e. The SMILES string of the molecule is C[C@@H]1CCc2c(sc3c2C(=O)N[C@@H](c2cc(I)cc(I)c2O)N3)C1. The number of phenols is 1. The van der Waals surface area contributed by atoms with Crippen molar-refractivity contribution in [2.75, 3.05) is 5.32 Å². The first-order valence-electron chi connectivity index (χ1n) is 7.84. The second-order valence-corrected chi connectivity index (χ2v) is 9.95. The second-order valence-electron chi connectivity index (χ2n) is 6.43. The van der Waals surface area contributed by atoms with Crippen LogP contribution in [0, 0.1) is 13.1 Å². The van der Waals surface area contributed by atoms with E-state index in [4.69, 9.17) is 0 Å². The molecule has 2 atom stereocenters. The van der Waals surface area contributed by atoms with E-state index < -0.39 is 6.17 Å². The predicted octanol–water partition coefficient (Wildman–Crippen LogP) is 4.64. The minimum Gasteiger partial charge on any atom is -0.506 e. The lowest BCUT2D eigenvalue weighted by Crippen LogP contribution is -2.38. The number of fused-ring (bicyclic) bond motifs is 3. The highest BCUT2D eigenvalue weighted by Gasteiger charge is 2.34. The summed E-state index contributed by atoms with van der Waals surface area (Å²) in [4.78, 5) is 14.1. The summed E-state index contributed by atoms with van der Waals surface area (Å²) >= 11 is 6.04. The zero-order chi connectivity index (χ0) is 17.0. The molecule has 7 heteroatoms. The Balaban J connectivity index is 1.74. The van der Waals surface area contributed by atoms with E-state index in [1.165, 1.54) is 10.4 Å². The van der Waals surface area contributed by atoms with Gasteiger partial charge in [-0.3, -0.25) is 4.79 Å². The van der Waals surface area contributed by atoms with Gasteiger partial charge in [-0.1, -0.05) is 6.92 Å². The Morgan fingerprint density at radius 1 is 1.29 bits per heavy atom. The number of hydrogen-bond acceptors (Lipinski definition) is 4. The predicted molar refractivity (Wildman–Crippen MR) is 113 cm³/mol. The molecule has 1 aliphatic heterocycles. The summed E-state index contributed by atoms with van der Waals surface area (Å²) in [6.45, 7) is 2.27. The molecule has 1 aromatic heterocycles. The van der Waals surface area contributed by atoms with Crippen molar-refractivity contribution in [2.24, 2.45) is 5.92 Å². The van der Waals surface area contributed by atoms with E-state index in [1.54, 1.807) is 11.3 Å². The van der Waals surface area contributed by atoms with Crippen LogP contribution in [-0.2, 0) is 12.8 Å². The molecule has 2 aliphatic rings. The highest BCUT2D eigenvalue weighted by Crippen LogP contribution is 2.43. The molecule has 1 aliphatic carbocycles. The lowest BCUT2D eigenvalue weighted by Gasteiger charge is -2.28. The number of benzene rings is 1. The fourth-order valence-electron chi connectivity index (χ4n) is 3.42. The average molecular weight is 566 g/mol. The van der Waals surface area contributed by atoms with Gasteiger partial charge in [0.15, 0.2) is 0 Å². The molecule has 2 aromatic rings. The third-order valence-corrected chi connectivity index (χ3v) is 7.29. The maximum absolute atomic E-state index is 12.7. The Bertz CT molecular complexity index is 850. The van der Waals surface area contributed by atoms with Crippen molar-refractivity contribution in [3.63, 3.8) is 0 Å². The molecule has 1 amide bonds. The van der Waals surface area contributed by atoms with E-state index in [9.17, 15) is 9.90 Å². The molecule has 0 unspecified atom stereocenters. The minimum absolute atomic E-state index is 0.0333. The van der Waals surface area contributed by atoms with Gasteiger partial charge in [0.1, 0.15) is 16.9 Å². The first-order valence-corrected chi connectivity index (χ1v) is 10.8. The standard InChI is InChI=1S/C17H16I2N2O2S/c1-7-2-3-9-12(4-7)24-17-13(9)16(23)20-15(21-17)10-5-8(18)6-11(19)14(10)22/h5-7,15,21-22H,2-4H2,1H3,(H,20,23)/t7-,15-/m1/s1. The Hall–Kier alpha value is -0.550. The Kier molecular flexibility index (Phi) is 4.44. The quantitative estimate of drug-likeness (QED) is 0.441. The molecule has 1 aromatic carbocycles. The van der Waals surface area contributed by atoms with Crippen LogP contribution < -0.4 is 10.6 Å². The monoisotopic (exact) mass is 566 g/mol. The van der Waals surface area contributed by atoms with Gasteiger partial charge < -0.3 is 15.7 Å². The molecule has 0 fully saturated rings. The summed E-state index contributed by atoms with van der Waals surface area (Å²) in [6, 6.07) is 3.83. The molecule has 2 heterocycles. The van der Waals surface area contributed by atoms with Crippen LogP contribution in [0.5, 0.6) is 5.75 Å². The van der Waals surface area contributed by atoms with Crippen molar-refractivity contribution in [1.29, 1.82) is 0 Å². The number of carbonyl (C=O) groups excluding carboxylic acids is 1. The Labute approximate surface area is 171 Å². The van der Waals surface area contributed by atoms with Gasteiger partial charge in [0.2, 0.25) is 0 Å². The zero-order valence-electron chi connectivity index (χ0n) is 13.0. The lowest BCUT2D eigenvalue weighted by atomic mass is 9.88. The van der Waals surface area contributed by atoms with Gasteiger partial charge in [-0.15, -0.1) is 11.3 Å².